The van der Waals surface area contributed by atoms with Crippen LogP contribution >= 0.6 is 0 Å². The third kappa shape index (κ3) is 9.60. The van der Waals surface area contributed by atoms with Gasteiger partial charge in [-0.05, 0) is 43.9 Å². The lowest BCUT2D eigenvalue weighted by molar-refractivity contribution is 0.580. The van der Waals surface area contributed by atoms with Gasteiger partial charge in [-0.2, -0.15) is 0 Å². The summed E-state index contributed by atoms with van der Waals surface area (Å²) < 4.78 is 13.3. The lowest BCUT2D eigenvalue weighted by Crippen LogP contribution is -2.06. The van der Waals surface area contributed by atoms with Crippen molar-refractivity contribution in [2.45, 2.75) is 60.8 Å². The minimum absolute atomic E-state index is 0.212. The second-order valence-electron chi connectivity index (χ2n) is 4.22. The second kappa shape index (κ2) is 13.5. The van der Waals surface area contributed by atoms with Crippen LogP contribution in [0, 0.1) is 11.7 Å². The van der Waals surface area contributed by atoms with E-state index in [-0.39, 0.29) is 5.82 Å². The van der Waals surface area contributed by atoms with Crippen LogP contribution in [0.25, 0.3) is 0 Å². The molecule has 0 unspecified atom stereocenters. The van der Waals surface area contributed by atoms with E-state index < -0.39 is 0 Å². The number of halogens is 1. The Labute approximate surface area is 118 Å². The third-order valence-corrected chi connectivity index (χ3v) is 2.21. The molecule has 0 aromatic carbocycles. The number of hydrogen-bond acceptors (Lipinski definition) is 2. The summed E-state index contributed by atoms with van der Waals surface area (Å²) in [5.41, 5.74) is 6.92. The van der Waals surface area contributed by atoms with Gasteiger partial charge in [0.05, 0.1) is 5.69 Å². The molecule has 0 saturated carbocycles. The number of aryl methyl sites for hydroxylation is 1. The van der Waals surface area contributed by atoms with Gasteiger partial charge in [-0.15, -0.1) is 0 Å². The molecule has 1 heterocycles. The molecule has 112 valence electrons. The predicted octanol–water partition coefficient (Wildman–Crippen LogP) is 4.36. The molecule has 0 saturated heterocycles. The summed E-state index contributed by atoms with van der Waals surface area (Å²) in [6.45, 7) is 12.8. The molecule has 2 nitrogen and oxygen atoms in total. The smallest absolute Gasteiger partial charge is 0.144 e. The normalized spacial score (nSPS) is 9.32. The van der Waals surface area contributed by atoms with Crippen molar-refractivity contribution in [1.29, 1.82) is 0 Å². The number of nitrogens with zero attached hydrogens (tertiary/aromatic N) is 1. The highest BCUT2D eigenvalue weighted by Gasteiger charge is 2.06. The van der Waals surface area contributed by atoms with Crippen LogP contribution in [0.3, 0.4) is 0 Å². The average Bonchev–Trinajstić information content (AvgIpc) is 2.43. The van der Waals surface area contributed by atoms with Crippen LogP contribution in [0.1, 0.15) is 59.4 Å². The zero-order chi connectivity index (χ0) is 15.3. The van der Waals surface area contributed by atoms with Crippen molar-refractivity contribution >= 4 is 0 Å². The van der Waals surface area contributed by atoms with Crippen molar-refractivity contribution in [2.24, 2.45) is 11.7 Å². The zero-order valence-corrected chi connectivity index (χ0v) is 13.5. The average molecular weight is 270 g/mol. The van der Waals surface area contributed by atoms with E-state index in [1.165, 1.54) is 6.07 Å². The van der Waals surface area contributed by atoms with E-state index in [0.29, 0.717) is 24.6 Å². The molecule has 3 heteroatoms. The Morgan fingerprint density at radius 2 is 1.74 bits per heavy atom. The van der Waals surface area contributed by atoms with Crippen LogP contribution in [0.15, 0.2) is 12.1 Å². The molecule has 0 spiro atoms. The second-order valence-corrected chi connectivity index (χ2v) is 4.22. The van der Waals surface area contributed by atoms with E-state index in [1.54, 1.807) is 6.07 Å². The van der Waals surface area contributed by atoms with Gasteiger partial charge in [0.25, 0.3) is 0 Å². The van der Waals surface area contributed by atoms with Crippen molar-refractivity contribution in [2.75, 3.05) is 6.54 Å². The maximum Gasteiger partial charge on any atom is 0.144 e. The minimum atomic E-state index is -0.212. The van der Waals surface area contributed by atoms with E-state index in [0.717, 1.165) is 18.5 Å². The van der Waals surface area contributed by atoms with Crippen molar-refractivity contribution in [3.63, 3.8) is 0 Å². The van der Waals surface area contributed by atoms with Gasteiger partial charge in [0, 0.05) is 5.69 Å². The summed E-state index contributed by atoms with van der Waals surface area (Å²) in [6.07, 6.45) is 2.32. The van der Waals surface area contributed by atoms with Crippen molar-refractivity contribution in [1.82, 2.24) is 4.98 Å². The fourth-order valence-corrected chi connectivity index (χ4v) is 1.51. The Morgan fingerprint density at radius 3 is 2.21 bits per heavy atom. The van der Waals surface area contributed by atoms with Gasteiger partial charge in [0.2, 0.25) is 0 Å². The fraction of sp³-hybridized carbons (Fsp3) is 0.688. The first-order chi connectivity index (χ1) is 9.13. The summed E-state index contributed by atoms with van der Waals surface area (Å²) in [4.78, 5) is 4.32. The van der Waals surface area contributed by atoms with Gasteiger partial charge < -0.3 is 5.73 Å². The van der Waals surface area contributed by atoms with Gasteiger partial charge >= 0.3 is 0 Å². The SMILES string of the molecule is CC.CC.CC(C)Cc1ccc(F)c(CCCN)n1. The summed E-state index contributed by atoms with van der Waals surface area (Å²) >= 11 is 0. The standard InChI is InChI=1S/C12H19FN2.2C2H6/c1-9(2)8-10-5-6-11(13)12(15-10)4-3-7-14;2*1-2/h5-6,9H,3-4,7-8,14H2,1-2H3;2*1-2H3. The Morgan fingerprint density at radius 1 is 1.16 bits per heavy atom. The Bertz CT molecular complexity index is 312. The Kier molecular flexibility index (Phi) is 14.4. The Balaban J connectivity index is 0. The van der Waals surface area contributed by atoms with Crippen LogP contribution in [-0.2, 0) is 12.8 Å². The lowest BCUT2D eigenvalue weighted by Gasteiger charge is -2.07. The molecule has 0 aliphatic rings. The number of hydrogen-bond donors (Lipinski definition) is 1. The van der Waals surface area contributed by atoms with Gasteiger partial charge in [-0.25, -0.2) is 4.39 Å². The van der Waals surface area contributed by atoms with Gasteiger partial charge in [0.1, 0.15) is 5.82 Å². The van der Waals surface area contributed by atoms with E-state index in [1.807, 2.05) is 27.7 Å². The molecule has 2 N–H and O–H groups in total. The monoisotopic (exact) mass is 270 g/mol. The lowest BCUT2D eigenvalue weighted by atomic mass is 10.1. The fourth-order valence-electron chi connectivity index (χ4n) is 1.51. The molecule has 0 radical (unpaired) electrons. The van der Waals surface area contributed by atoms with E-state index in [2.05, 4.69) is 18.8 Å². The maximum atomic E-state index is 13.3. The van der Waals surface area contributed by atoms with Crippen molar-refractivity contribution in [3.8, 4) is 0 Å². The first-order valence-corrected chi connectivity index (χ1v) is 7.48. The number of aromatic nitrogens is 1. The molecule has 0 aliphatic heterocycles. The summed E-state index contributed by atoms with van der Waals surface area (Å²) in [5.74, 6) is 0.335. The molecule has 0 atom stereocenters. The third-order valence-electron chi connectivity index (χ3n) is 2.21. The highest BCUT2D eigenvalue weighted by Crippen LogP contribution is 2.11. The molecule has 1 rings (SSSR count). The molecule has 1 aromatic heterocycles. The summed E-state index contributed by atoms with van der Waals surface area (Å²) in [6, 6.07) is 3.28. The number of rotatable bonds is 5. The molecule has 0 aliphatic carbocycles. The van der Waals surface area contributed by atoms with Crippen LogP contribution in [-0.4, -0.2) is 11.5 Å². The van der Waals surface area contributed by atoms with Crippen molar-refractivity contribution < 1.29 is 4.39 Å². The minimum Gasteiger partial charge on any atom is -0.330 e. The van der Waals surface area contributed by atoms with E-state index in [9.17, 15) is 4.39 Å². The van der Waals surface area contributed by atoms with E-state index in [4.69, 9.17) is 5.73 Å². The quantitative estimate of drug-likeness (QED) is 0.863. The first kappa shape index (κ1) is 20.4. The topological polar surface area (TPSA) is 38.9 Å². The van der Waals surface area contributed by atoms with Gasteiger partial charge in [-0.3, -0.25) is 4.98 Å². The van der Waals surface area contributed by atoms with Crippen LogP contribution in [0.5, 0.6) is 0 Å². The number of pyridine rings is 1. The summed E-state index contributed by atoms with van der Waals surface area (Å²) in [7, 11) is 0. The molecule has 0 fully saturated rings. The van der Waals surface area contributed by atoms with Crippen LogP contribution in [0.2, 0.25) is 0 Å². The Hall–Kier alpha value is -0.960. The molecule has 19 heavy (non-hydrogen) atoms. The molecule has 0 amide bonds. The maximum absolute atomic E-state index is 13.3. The predicted molar refractivity (Wildman–Crippen MR) is 82.8 cm³/mol. The van der Waals surface area contributed by atoms with E-state index >= 15 is 0 Å². The van der Waals surface area contributed by atoms with Crippen LogP contribution in [0.4, 0.5) is 4.39 Å². The molecular weight excluding hydrogens is 239 g/mol. The molecule has 1 aromatic rings. The van der Waals surface area contributed by atoms with Crippen LogP contribution < -0.4 is 5.73 Å². The van der Waals surface area contributed by atoms with Crippen molar-refractivity contribution in [3.05, 3.63) is 29.3 Å². The summed E-state index contributed by atoms with van der Waals surface area (Å²) in [5, 5.41) is 0. The highest BCUT2D eigenvalue weighted by atomic mass is 19.1. The first-order valence-electron chi connectivity index (χ1n) is 7.48. The highest BCUT2D eigenvalue weighted by molar-refractivity contribution is 5.14. The largest absolute Gasteiger partial charge is 0.330 e. The zero-order valence-electron chi connectivity index (χ0n) is 13.5. The molecule has 0 bridgehead atoms. The molecular formula is C16H31FN2. The van der Waals surface area contributed by atoms with Gasteiger partial charge in [-0.1, -0.05) is 41.5 Å². The van der Waals surface area contributed by atoms with Gasteiger partial charge in [0.15, 0.2) is 0 Å². The number of nitrogens with two attached hydrogens (primary N) is 1.